The molecule has 0 amide bonds. The molecule has 0 radical (unpaired) electrons. The lowest BCUT2D eigenvalue weighted by molar-refractivity contribution is -0.384. The van der Waals surface area contributed by atoms with Crippen LogP contribution in [-0.4, -0.2) is 23.8 Å². The fraction of sp³-hybridized carbons (Fsp3) is 0.308. The lowest BCUT2D eigenvalue weighted by atomic mass is 9.68. The molecule has 1 heterocycles. The van der Waals surface area contributed by atoms with Crippen LogP contribution in [0.2, 0.25) is 5.02 Å². The van der Waals surface area contributed by atoms with Gasteiger partial charge in [0, 0.05) is 34.8 Å². The number of halogens is 1. The second kappa shape index (κ2) is 8.85. The predicted molar refractivity (Wildman–Crippen MR) is 133 cm³/mol. The summed E-state index contributed by atoms with van der Waals surface area (Å²) in [5, 5.41) is 11.7. The van der Waals surface area contributed by atoms with Gasteiger partial charge in [0.15, 0.2) is 5.78 Å². The summed E-state index contributed by atoms with van der Waals surface area (Å²) in [6.45, 7) is 5.86. The molecule has 0 unspecified atom stereocenters. The van der Waals surface area contributed by atoms with Crippen LogP contribution < -0.4 is 10.6 Å². The molecule has 0 aromatic heterocycles. The first kappa shape index (κ1) is 24.5. The van der Waals surface area contributed by atoms with E-state index in [-0.39, 0.29) is 34.7 Å². The number of carbonyl (C=O) groups excluding carboxylic acids is 2. The van der Waals surface area contributed by atoms with E-state index in [2.05, 4.69) is 0 Å². The van der Waals surface area contributed by atoms with E-state index in [1.165, 1.54) is 19.2 Å². The number of carbonyl (C=O) groups is 2. The van der Waals surface area contributed by atoms with Crippen LogP contribution in [0.3, 0.4) is 0 Å². The van der Waals surface area contributed by atoms with Gasteiger partial charge in [-0.1, -0.05) is 43.6 Å². The number of esters is 1. The first-order valence-corrected chi connectivity index (χ1v) is 11.5. The molecule has 0 fully saturated rings. The number of anilines is 1. The van der Waals surface area contributed by atoms with Crippen LogP contribution in [-0.2, 0) is 14.3 Å². The monoisotopic (exact) mass is 495 g/mol. The molecule has 4 rings (SSSR count). The highest BCUT2D eigenvalue weighted by Crippen LogP contribution is 2.51. The molecule has 2 aliphatic rings. The van der Waals surface area contributed by atoms with E-state index in [9.17, 15) is 19.7 Å². The first-order valence-electron chi connectivity index (χ1n) is 11.1. The Bertz CT molecular complexity index is 1310. The molecule has 1 atom stereocenters. The summed E-state index contributed by atoms with van der Waals surface area (Å²) >= 11 is 6.42. The van der Waals surface area contributed by atoms with Crippen LogP contribution >= 0.6 is 11.6 Å². The second-order valence-electron chi connectivity index (χ2n) is 9.59. The molecule has 9 heteroatoms. The van der Waals surface area contributed by atoms with Crippen LogP contribution in [0.15, 0.2) is 65.1 Å². The number of allylic oxidation sites excluding steroid dienone is 2. The highest BCUT2D eigenvalue weighted by Gasteiger charge is 2.46. The van der Waals surface area contributed by atoms with Gasteiger partial charge in [0.05, 0.1) is 29.2 Å². The standard InChI is InChI=1S/C26H26ClN3O5/c1-14-17(27)6-5-7-18(14)29-19-12-26(2,3)13-20(31)22(19)21(23(24(29)28)25(32)35-4)15-8-10-16(11-9-15)30(33)34/h5-11,21H,12-13,28H2,1-4H3/t21-/m0/s1. The van der Waals surface area contributed by atoms with Gasteiger partial charge in [-0.25, -0.2) is 4.79 Å². The number of nitrogens with two attached hydrogens (primary N) is 1. The SMILES string of the molecule is COC(=O)C1=C(N)N(c2cccc(Cl)c2C)C2=C(C(=O)CC(C)(C)C2)[C@@H]1c1ccc([N+](=O)[O-])cc1. The Hall–Kier alpha value is -3.65. The van der Waals surface area contributed by atoms with Crippen molar-refractivity contribution in [3.8, 4) is 0 Å². The Morgan fingerprint density at radius 3 is 2.46 bits per heavy atom. The van der Waals surface area contributed by atoms with E-state index in [0.717, 1.165) is 5.56 Å². The first-order chi connectivity index (χ1) is 16.5. The second-order valence-corrected chi connectivity index (χ2v) is 10.0. The number of ketones is 1. The van der Waals surface area contributed by atoms with Crippen molar-refractivity contribution >= 4 is 34.7 Å². The number of nitrogens with zero attached hydrogens (tertiary/aromatic N) is 2. The molecule has 0 bridgehead atoms. The summed E-state index contributed by atoms with van der Waals surface area (Å²) in [5.74, 6) is -1.48. The van der Waals surface area contributed by atoms with Crippen LogP contribution in [0.25, 0.3) is 0 Å². The molecule has 35 heavy (non-hydrogen) atoms. The quantitative estimate of drug-likeness (QED) is 0.354. The van der Waals surface area contributed by atoms with Crippen LogP contribution in [0.5, 0.6) is 0 Å². The van der Waals surface area contributed by atoms with Gasteiger partial charge in [-0.15, -0.1) is 0 Å². The minimum Gasteiger partial charge on any atom is -0.466 e. The fourth-order valence-corrected chi connectivity index (χ4v) is 5.12. The molecule has 0 saturated carbocycles. The molecule has 1 aliphatic carbocycles. The lowest BCUT2D eigenvalue weighted by Gasteiger charge is -2.44. The van der Waals surface area contributed by atoms with Gasteiger partial charge in [0.2, 0.25) is 0 Å². The van der Waals surface area contributed by atoms with Crippen molar-refractivity contribution in [3.05, 3.63) is 91.4 Å². The topological polar surface area (TPSA) is 116 Å². The zero-order valence-electron chi connectivity index (χ0n) is 19.9. The number of hydrogen-bond acceptors (Lipinski definition) is 7. The Labute approximate surface area is 208 Å². The Balaban J connectivity index is 2.04. The van der Waals surface area contributed by atoms with E-state index in [1.54, 1.807) is 29.2 Å². The molecule has 8 nitrogen and oxygen atoms in total. The van der Waals surface area contributed by atoms with E-state index < -0.39 is 16.8 Å². The third-order valence-electron chi connectivity index (χ3n) is 6.58. The number of nitro benzene ring substituents is 1. The number of methoxy groups -OCH3 is 1. The molecule has 2 N–H and O–H groups in total. The number of Topliss-reactive ketones (excluding diaryl/α,β-unsaturated/α-hetero) is 1. The number of hydrogen-bond donors (Lipinski definition) is 1. The average Bonchev–Trinajstić information content (AvgIpc) is 2.79. The zero-order chi connectivity index (χ0) is 25.7. The molecule has 2 aromatic rings. The number of nitro groups is 1. The van der Waals surface area contributed by atoms with Gasteiger partial charge in [0.25, 0.3) is 5.69 Å². The van der Waals surface area contributed by atoms with Crippen molar-refractivity contribution in [2.45, 2.75) is 39.5 Å². The Morgan fingerprint density at radius 2 is 1.86 bits per heavy atom. The highest BCUT2D eigenvalue weighted by atomic mass is 35.5. The van der Waals surface area contributed by atoms with Gasteiger partial charge >= 0.3 is 5.97 Å². The van der Waals surface area contributed by atoms with Gasteiger partial charge in [-0.2, -0.15) is 0 Å². The van der Waals surface area contributed by atoms with Gasteiger partial charge in [0.1, 0.15) is 5.82 Å². The minimum absolute atomic E-state index is 0.0948. The minimum atomic E-state index is -0.822. The number of benzene rings is 2. The van der Waals surface area contributed by atoms with Crippen molar-refractivity contribution < 1.29 is 19.2 Å². The van der Waals surface area contributed by atoms with E-state index in [0.29, 0.717) is 34.0 Å². The Kier molecular flexibility index (Phi) is 6.19. The lowest BCUT2D eigenvalue weighted by Crippen LogP contribution is -2.44. The third kappa shape index (κ3) is 4.18. The number of non-ortho nitro benzene ring substituents is 1. The Morgan fingerprint density at radius 1 is 1.20 bits per heavy atom. The normalized spacial score (nSPS) is 19.5. The number of ether oxygens (including phenoxy) is 1. The maximum atomic E-state index is 13.7. The van der Waals surface area contributed by atoms with Crippen molar-refractivity contribution in [2.75, 3.05) is 12.0 Å². The van der Waals surface area contributed by atoms with E-state index >= 15 is 0 Å². The zero-order valence-corrected chi connectivity index (χ0v) is 20.7. The van der Waals surface area contributed by atoms with Crippen molar-refractivity contribution in [2.24, 2.45) is 11.1 Å². The molecular weight excluding hydrogens is 470 g/mol. The summed E-state index contributed by atoms with van der Waals surface area (Å²) in [6.07, 6.45) is 0.810. The maximum absolute atomic E-state index is 13.7. The molecule has 0 saturated heterocycles. The summed E-state index contributed by atoms with van der Waals surface area (Å²) in [4.78, 5) is 39.2. The summed E-state index contributed by atoms with van der Waals surface area (Å²) in [5.41, 5.74) is 9.45. The average molecular weight is 496 g/mol. The smallest absolute Gasteiger partial charge is 0.338 e. The number of rotatable bonds is 4. The largest absolute Gasteiger partial charge is 0.466 e. The van der Waals surface area contributed by atoms with Crippen LogP contribution in [0.4, 0.5) is 11.4 Å². The summed E-state index contributed by atoms with van der Waals surface area (Å²) in [7, 11) is 1.25. The predicted octanol–water partition coefficient (Wildman–Crippen LogP) is 5.15. The maximum Gasteiger partial charge on any atom is 0.338 e. The molecule has 1 aliphatic heterocycles. The van der Waals surface area contributed by atoms with Gasteiger partial charge < -0.3 is 10.5 Å². The van der Waals surface area contributed by atoms with E-state index in [1.807, 2.05) is 26.8 Å². The molecule has 2 aromatic carbocycles. The fourth-order valence-electron chi connectivity index (χ4n) is 4.95. The highest BCUT2D eigenvalue weighted by molar-refractivity contribution is 6.31. The third-order valence-corrected chi connectivity index (χ3v) is 6.99. The molecular formula is C26H26ClN3O5. The van der Waals surface area contributed by atoms with Crippen LogP contribution in [0.1, 0.15) is 43.7 Å². The van der Waals surface area contributed by atoms with Crippen molar-refractivity contribution in [3.63, 3.8) is 0 Å². The molecule has 182 valence electrons. The van der Waals surface area contributed by atoms with Crippen molar-refractivity contribution in [1.29, 1.82) is 0 Å². The summed E-state index contributed by atoms with van der Waals surface area (Å²) < 4.78 is 5.10. The van der Waals surface area contributed by atoms with Crippen molar-refractivity contribution in [1.82, 2.24) is 0 Å². The van der Waals surface area contributed by atoms with Gasteiger partial charge in [-0.05, 0) is 42.0 Å². The summed E-state index contributed by atoms with van der Waals surface area (Å²) in [6, 6.07) is 11.2. The van der Waals surface area contributed by atoms with E-state index in [4.69, 9.17) is 22.1 Å². The van der Waals surface area contributed by atoms with Gasteiger partial charge in [-0.3, -0.25) is 19.8 Å². The molecule has 0 spiro atoms. The van der Waals surface area contributed by atoms with Crippen LogP contribution in [0, 0.1) is 22.5 Å².